The van der Waals surface area contributed by atoms with Gasteiger partial charge in [-0.25, -0.2) is 15.0 Å². The number of rotatable bonds is 4. The highest BCUT2D eigenvalue weighted by atomic mass is 16.5. The molecule has 1 aliphatic carbocycles. The van der Waals surface area contributed by atoms with Crippen molar-refractivity contribution >= 4 is 0 Å². The molecule has 0 amide bonds. The van der Waals surface area contributed by atoms with Crippen LogP contribution in [0.5, 0.6) is 11.5 Å². The van der Waals surface area contributed by atoms with Crippen LogP contribution >= 0.6 is 0 Å². The number of para-hydroxylation sites is 2. The maximum absolute atomic E-state index is 6.49. The van der Waals surface area contributed by atoms with Crippen LogP contribution in [0.1, 0.15) is 22.3 Å². The van der Waals surface area contributed by atoms with Gasteiger partial charge in [-0.15, -0.1) is 0 Å². The number of nitrogens with zero attached hydrogens (tertiary/aromatic N) is 3. The first kappa shape index (κ1) is 28.4. The molecule has 0 atom stereocenters. The van der Waals surface area contributed by atoms with Crippen LogP contribution in [0.15, 0.2) is 176 Å². The monoisotopic (exact) mass is 639 g/mol. The molecule has 234 valence electrons. The van der Waals surface area contributed by atoms with E-state index in [-0.39, 0.29) is 0 Å². The lowest BCUT2D eigenvalue weighted by molar-refractivity contribution is 0.436. The van der Waals surface area contributed by atoms with Crippen molar-refractivity contribution in [2.24, 2.45) is 0 Å². The summed E-state index contributed by atoms with van der Waals surface area (Å²) in [5.41, 5.74) is 12.0. The second-order valence-electron chi connectivity index (χ2n) is 12.8. The maximum atomic E-state index is 6.49. The number of hydrogen-bond donors (Lipinski definition) is 0. The van der Waals surface area contributed by atoms with Crippen LogP contribution < -0.4 is 4.74 Å². The predicted molar refractivity (Wildman–Crippen MR) is 199 cm³/mol. The first-order chi connectivity index (χ1) is 24.8. The Hall–Kier alpha value is -6.65. The Morgan fingerprint density at radius 2 is 0.740 bits per heavy atom. The molecule has 10 rings (SSSR count). The molecule has 0 N–H and O–H groups in total. The number of aromatic nitrogens is 3. The SMILES string of the molecule is c1ccc(-c2nc(-c3ccccc3)nc(-c3ccc(-c4ccc5c(c4)-c4ccccc4C54c5ccccc5Oc5ccccc54)cc3)n2)cc1. The molecular formula is C46H29N3O. The highest BCUT2D eigenvalue weighted by molar-refractivity contribution is 5.90. The smallest absolute Gasteiger partial charge is 0.164 e. The minimum absolute atomic E-state index is 0.467. The Bertz CT molecular complexity index is 2460. The summed E-state index contributed by atoms with van der Waals surface area (Å²) in [5, 5.41) is 0. The van der Waals surface area contributed by atoms with Gasteiger partial charge in [-0.05, 0) is 51.6 Å². The molecule has 7 aromatic carbocycles. The van der Waals surface area contributed by atoms with E-state index in [1.54, 1.807) is 0 Å². The quantitative estimate of drug-likeness (QED) is 0.192. The summed E-state index contributed by atoms with van der Waals surface area (Å²) in [5.74, 6) is 3.75. The molecule has 4 heteroatoms. The molecule has 0 fully saturated rings. The molecule has 1 aromatic heterocycles. The minimum Gasteiger partial charge on any atom is -0.457 e. The molecule has 0 bridgehead atoms. The third-order valence-corrected chi connectivity index (χ3v) is 10.0. The normalized spacial score (nSPS) is 13.1. The van der Waals surface area contributed by atoms with Gasteiger partial charge in [0.1, 0.15) is 11.5 Å². The van der Waals surface area contributed by atoms with Crippen LogP contribution in [0, 0.1) is 0 Å². The van der Waals surface area contributed by atoms with Crippen LogP contribution in [0.2, 0.25) is 0 Å². The largest absolute Gasteiger partial charge is 0.457 e. The van der Waals surface area contributed by atoms with E-state index in [1.165, 1.54) is 33.4 Å². The van der Waals surface area contributed by atoms with E-state index in [0.717, 1.165) is 39.3 Å². The van der Waals surface area contributed by atoms with Crippen LogP contribution in [-0.2, 0) is 5.41 Å². The fourth-order valence-electron chi connectivity index (χ4n) is 7.79. The molecule has 2 heterocycles. The number of benzene rings is 7. The van der Waals surface area contributed by atoms with Crippen LogP contribution in [0.4, 0.5) is 0 Å². The van der Waals surface area contributed by atoms with Crippen molar-refractivity contribution in [1.29, 1.82) is 0 Å². The second-order valence-corrected chi connectivity index (χ2v) is 12.8. The number of fused-ring (bicyclic) bond motifs is 9. The minimum atomic E-state index is -0.467. The molecule has 1 spiro atoms. The molecule has 8 aromatic rings. The third-order valence-electron chi connectivity index (χ3n) is 10.0. The van der Waals surface area contributed by atoms with Gasteiger partial charge in [0.15, 0.2) is 17.5 Å². The van der Waals surface area contributed by atoms with Gasteiger partial charge in [0.25, 0.3) is 0 Å². The molecule has 0 radical (unpaired) electrons. The fourth-order valence-corrected chi connectivity index (χ4v) is 7.79. The molecule has 50 heavy (non-hydrogen) atoms. The van der Waals surface area contributed by atoms with Crippen molar-refractivity contribution in [3.8, 4) is 67.9 Å². The van der Waals surface area contributed by atoms with Gasteiger partial charge in [-0.2, -0.15) is 0 Å². The molecule has 1 aliphatic heterocycles. The molecular weight excluding hydrogens is 611 g/mol. The summed E-state index contributed by atoms with van der Waals surface area (Å²) < 4.78 is 6.49. The number of ether oxygens (including phenoxy) is 1. The Balaban J connectivity index is 1.09. The Morgan fingerprint density at radius 1 is 0.320 bits per heavy atom. The van der Waals surface area contributed by atoms with Crippen molar-refractivity contribution in [2.75, 3.05) is 0 Å². The lowest BCUT2D eigenvalue weighted by Crippen LogP contribution is -2.32. The highest BCUT2D eigenvalue weighted by Crippen LogP contribution is 2.62. The van der Waals surface area contributed by atoms with Crippen LogP contribution in [-0.4, -0.2) is 15.0 Å². The molecule has 2 aliphatic rings. The average molecular weight is 640 g/mol. The predicted octanol–water partition coefficient (Wildman–Crippen LogP) is 11.0. The van der Waals surface area contributed by atoms with E-state index < -0.39 is 5.41 Å². The van der Waals surface area contributed by atoms with Crippen molar-refractivity contribution in [1.82, 2.24) is 15.0 Å². The lowest BCUT2D eigenvalue weighted by atomic mass is 9.66. The Kier molecular flexibility index (Phi) is 6.36. The summed E-state index contributed by atoms with van der Waals surface area (Å²) in [4.78, 5) is 14.7. The highest BCUT2D eigenvalue weighted by Gasteiger charge is 2.50. The number of hydrogen-bond acceptors (Lipinski definition) is 4. The van der Waals surface area contributed by atoms with Crippen molar-refractivity contribution < 1.29 is 4.74 Å². The van der Waals surface area contributed by atoms with Gasteiger partial charge in [0.05, 0.1) is 5.41 Å². The van der Waals surface area contributed by atoms with Gasteiger partial charge < -0.3 is 4.74 Å². The average Bonchev–Trinajstić information content (AvgIpc) is 3.48. The van der Waals surface area contributed by atoms with E-state index >= 15 is 0 Å². The first-order valence-electron chi connectivity index (χ1n) is 16.9. The zero-order chi connectivity index (χ0) is 33.1. The Morgan fingerprint density at radius 3 is 1.32 bits per heavy atom. The first-order valence-corrected chi connectivity index (χ1v) is 16.9. The van der Waals surface area contributed by atoms with Gasteiger partial charge in [0, 0.05) is 27.8 Å². The van der Waals surface area contributed by atoms with E-state index in [0.29, 0.717) is 17.5 Å². The summed E-state index contributed by atoms with van der Waals surface area (Å²) in [6.45, 7) is 0. The third kappa shape index (κ3) is 4.28. The topological polar surface area (TPSA) is 47.9 Å². The van der Waals surface area contributed by atoms with Crippen molar-refractivity contribution in [3.63, 3.8) is 0 Å². The van der Waals surface area contributed by atoms with E-state index in [2.05, 4.69) is 115 Å². The summed E-state index contributed by atoms with van der Waals surface area (Å²) in [7, 11) is 0. The van der Waals surface area contributed by atoms with Gasteiger partial charge in [0.2, 0.25) is 0 Å². The van der Waals surface area contributed by atoms with Crippen LogP contribution in [0.3, 0.4) is 0 Å². The molecule has 0 saturated heterocycles. The fraction of sp³-hybridized carbons (Fsp3) is 0.0217. The zero-order valence-electron chi connectivity index (χ0n) is 27.0. The molecule has 0 saturated carbocycles. The van der Waals surface area contributed by atoms with E-state index in [1.807, 2.05) is 60.7 Å². The summed E-state index contributed by atoms with van der Waals surface area (Å²) in [6, 6.07) is 61.4. The second kappa shape index (κ2) is 11.2. The van der Waals surface area contributed by atoms with Crippen LogP contribution in [0.25, 0.3) is 56.4 Å². The lowest BCUT2D eigenvalue weighted by Gasteiger charge is -2.39. The maximum Gasteiger partial charge on any atom is 0.164 e. The zero-order valence-corrected chi connectivity index (χ0v) is 27.0. The standard InChI is InChI=1S/C46H29N3O/c1-3-13-31(14-4-1)43-47-44(32-15-5-2-6-16-32)49-45(48-43)33-25-23-30(24-26-33)34-27-28-38-36(29-34)35-17-7-8-18-37(35)46(38)39-19-9-11-21-41(39)50-42-22-12-10-20-40(42)46/h1-29H. The van der Waals surface area contributed by atoms with Gasteiger partial charge >= 0.3 is 0 Å². The van der Waals surface area contributed by atoms with Gasteiger partial charge in [-0.3, -0.25) is 0 Å². The summed E-state index contributed by atoms with van der Waals surface area (Å²) in [6.07, 6.45) is 0. The summed E-state index contributed by atoms with van der Waals surface area (Å²) >= 11 is 0. The molecule has 0 unspecified atom stereocenters. The van der Waals surface area contributed by atoms with Crippen molar-refractivity contribution in [2.45, 2.75) is 5.41 Å². The van der Waals surface area contributed by atoms with Gasteiger partial charge in [-0.1, -0.05) is 158 Å². The Labute approximate surface area is 290 Å². The van der Waals surface area contributed by atoms with Crippen molar-refractivity contribution in [3.05, 3.63) is 198 Å². The molecule has 4 nitrogen and oxygen atoms in total. The van der Waals surface area contributed by atoms with E-state index in [9.17, 15) is 0 Å². The van der Waals surface area contributed by atoms with E-state index in [4.69, 9.17) is 19.7 Å².